The standard InChI is InChI=1S/C17H27N3O3S/c1-3-4-11-19(2)17(21)15-7-5-6-8-16(15)24(22,23)20-12-9-14(18)10-13-20/h5-8,14H,3-4,9-13,18H2,1-2H3. The fourth-order valence-electron chi connectivity index (χ4n) is 2.83. The quantitative estimate of drug-likeness (QED) is 0.843. The predicted molar refractivity (Wildman–Crippen MR) is 94.3 cm³/mol. The number of sulfonamides is 1. The molecule has 0 bridgehead atoms. The number of piperidine rings is 1. The van der Waals surface area contributed by atoms with Crippen LogP contribution in [0.3, 0.4) is 0 Å². The third-order valence-corrected chi connectivity index (χ3v) is 6.38. The first-order valence-corrected chi connectivity index (χ1v) is 9.92. The van der Waals surface area contributed by atoms with Crippen molar-refractivity contribution in [1.82, 2.24) is 9.21 Å². The van der Waals surface area contributed by atoms with Crippen LogP contribution in [0.4, 0.5) is 0 Å². The second kappa shape index (κ2) is 8.09. The summed E-state index contributed by atoms with van der Waals surface area (Å²) < 4.78 is 27.4. The number of amides is 1. The summed E-state index contributed by atoms with van der Waals surface area (Å²) in [5, 5.41) is 0. The minimum atomic E-state index is -3.68. The van der Waals surface area contributed by atoms with Gasteiger partial charge in [-0.1, -0.05) is 25.5 Å². The molecule has 0 saturated carbocycles. The van der Waals surface area contributed by atoms with Gasteiger partial charge in [0, 0.05) is 32.7 Å². The zero-order valence-corrected chi connectivity index (χ0v) is 15.3. The summed E-state index contributed by atoms with van der Waals surface area (Å²) in [5.74, 6) is -0.253. The molecule has 0 spiro atoms. The van der Waals surface area contributed by atoms with Gasteiger partial charge >= 0.3 is 0 Å². The molecule has 1 aliphatic heterocycles. The summed E-state index contributed by atoms with van der Waals surface area (Å²) in [7, 11) is -1.98. The van der Waals surface area contributed by atoms with Crippen LogP contribution in [0.15, 0.2) is 29.2 Å². The molecule has 6 nitrogen and oxygen atoms in total. The molecule has 1 fully saturated rings. The van der Waals surface area contributed by atoms with E-state index in [2.05, 4.69) is 6.92 Å². The lowest BCUT2D eigenvalue weighted by Crippen LogP contribution is -2.43. The van der Waals surface area contributed by atoms with Gasteiger partial charge in [0.25, 0.3) is 5.91 Å². The Labute approximate surface area is 144 Å². The third kappa shape index (κ3) is 4.15. The second-order valence-electron chi connectivity index (χ2n) is 6.32. The van der Waals surface area contributed by atoms with Crippen molar-refractivity contribution in [1.29, 1.82) is 0 Å². The van der Waals surface area contributed by atoms with Crippen LogP contribution in [0.5, 0.6) is 0 Å². The summed E-state index contributed by atoms with van der Waals surface area (Å²) in [6.45, 7) is 3.47. The third-order valence-electron chi connectivity index (χ3n) is 4.43. The Morgan fingerprint density at radius 1 is 1.29 bits per heavy atom. The maximum absolute atomic E-state index is 13.0. The molecule has 2 N–H and O–H groups in total. The second-order valence-corrected chi connectivity index (χ2v) is 8.22. The lowest BCUT2D eigenvalue weighted by atomic mass is 10.1. The first-order chi connectivity index (χ1) is 11.4. The van der Waals surface area contributed by atoms with Gasteiger partial charge in [-0.15, -0.1) is 0 Å². The summed E-state index contributed by atoms with van der Waals surface area (Å²) in [6, 6.07) is 6.52. The van der Waals surface area contributed by atoms with Crippen LogP contribution in [0.25, 0.3) is 0 Å². The number of rotatable bonds is 6. The van der Waals surface area contributed by atoms with Crippen LogP contribution in [0.1, 0.15) is 43.0 Å². The van der Waals surface area contributed by atoms with Gasteiger partial charge < -0.3 is 10.6 Å². The van der Waals surface area contributed by atoms with E-state index in [1.807, 2.05) is 0 Å². The van der Waals surface area contributed by atoms with Gasteiger partial charge in [0.2, 0.25) is 10.0 Å². The molecular formula is C17H27N3O3S. The SMILES string of the molecule is CCCCN(C)C(=O)c1ccccc1S(=O)(=O)N1CCC(N)CC1. The molecule has 134 valence electrons. The van der Waals surface area contributed by atoms with E-state index in [0.717, 1.165) is 12.8 Å². The number of benzene rings is 1. The Morgan fingerprint density at radius 3 is 2.54 bits per heavy atom. The highest BCUT2D eigenvalue weighted by Gasteiger charge is 2.31. The van der Waals surface area contributed by atoms with Gasteiger partial charge in [-0.25, -0.2) is 8.42 Å². The molecular weight excluding hydrogens is 326 g/mol. The van der Waals surface area contributed by atoms with Crippen molar-refractivity contribution in [2.75, 3.05) is 26.7 Å². The van der Waals surface area contributed by atoms with E-state index >= 15 is 0 Å². The van der Waals surface area contributed by atoms with Crippen LogP contribution in [0, 0.1) is 0 Å². The normalized spacial score (nSPS) is 17.0. The van der Waals surface area contributed by atoms with Crippen molar-refractivity contribution in [3.05, 3.63) is 29.8 Å². The molecule has 24 heavy (non-hydrogen) atoms. The van der Waals surface area contributed by atoms with Gasteiger partial charge in [0.15, 0.2) is 0 Å². The zero-order chi connectivity index (χ0) is 17.7. The molecule has 1 amide bonds. The van der Waals surface area contributed by atoms with Crippen LogP contribution < -0.4 is 5.73 Å². The molecule has 7 heteroatoms. The maximum Gasteiger partial charge on any atom is 0.254 e. The molecule has 0 atom stereocenters. The fourth-order valence-corrected chi connectivity index (χ4v) is 4.48. The van der Waals surface area contributed by atoms with Crippen molar-refractivity contribution in [3.8, 4) is 0 Å². The van der Waals surface area contributed by atoms with E-state index in [9.17, 15) is 13.2 Å². The van der Waals surface area contributed by atoms with Gasteiger partial charge in [-0.3, -0.25) is 4.79 Å². The van der Waals surface area contributed by atoms with E-state index in [1.165, 1.54) is 10.4 Å². The highest BCUT2D eigenvalue weighted by Crippen LogP contribution is 2.24. The van der Waals surface area contributed by atoms with Crippen LogP contribution >= 0.6 is 0 Å². The fraction of sp³-hybridized carbons (Fsp3) is 0.588. The molecule has 0 aromatic heterocycles. The maximum atomic E-state index is 13.0. The minimum absolute atomic E-state index is 0.0495. The molecule has 1 saturated heterocycles. The number of nitrogens with zero attached hydrogens (tertiary/aromatic N) is 2. The Hall–Kier alpha value is -1.44. The summed E-state index contributed by atoms with van der Waals surface area (Å²) in [6.07, 6.45) is 3.16. The number of nitrogens with two attached hydrogens (primary N) is 1. The zero-order valence-electron chi connectivity index (χ0n) is 14.4. The number of unbranched alkanes of at least 4 members (excludes halogenated alkanes) is 1. The Balaban J connectivity index is 2.29. The van der Waals surface area contributed by atoms with E-state index < -0.39 is 10.0 Å². The molecule has 0 unspecified atom stereocenters. The van der Waals surface area contributed by atoms with Crippen LogP contribution in [0.2, 0.25) is 0 Å². The van der Waals surface area contributed by atoms with Gasteiger partial charge in [0.1, 0.15) is 0 Å². The monoisotopic (exact) mass is 353 g/mol. The molecule has 0 aliphatic carbocycles. The first-order valence-electron chi connectivity index (χ1n) is 8.48. The highest BCUT2D eigenvalue weighted by atomic mass is 32.2. The van der Waals surface area contributed by atoms with Crippen LogP contribution in [-0.2, 0) is 10.0 Å². The topological polar surface area (TPSA) is 83.7 Å². The van der Waals surface area contributed by atoms with Gasteiger partial charge in [-0.05, 0) is 31.4 Å². The summed E-state index contributed by atoms with van der Waals surface area (Å²) in [4.78, 5) is 14.4. The Morgan fingerprint density at radius 2 is 1.92 bits per heavy atom. The first kappa shape index (κ1) is 18.9. The van der Waals surface area contributed by atoms with E-state index in [-0.39, 0.29) is 22.4 Å². The van der Waals surface area contributed by atoms with Crippen molar-refractivity contribution >= 4 is 15.9 Å². The Kier molecular flexibility index (Phi) is 6.37. The van der Waals surface area contributed by atoms with E-state index in [1.54, 1.807) is 30.1 Å². The highest BCUT2D eigenvalue weighted by molar-refractivity contribution is 7.89. The Bertz CT molecular complexity index is 667. The lowest BCUT2D eigenvalue weighted by molar-refractivity contribution is 0.0789. The van der Waals surface area contributed by atoms with Crippen molar-refractivity contribution < 1.29 is 13.2 Å². The van der Waals surface area contributed by atoms with E-state index in [4.69, 9.17) is 5.73 Å². The van der Waals surface area contributed by atoms with Crippen molar-refractivity contribution in [2.24, 2.45) is 5.73 Å². The molecule has 1 aromatic carbocycles. The number of hydrogen-bond donors (Lipinski definition) is 1. The number of carbonyl (C=O) groups is 1. The van der Waals surface area contributed by atoms with Gasteiger partial charge in [0.05, 0.1) is 10.5 Å². The van der Waals surface area contributed by atoms with Crippen LogP contribution in [-0.4, -0.2) is 56.3 Å². The molecule has 0 radical (unpaired) electrons. The largest absolute Gasteiger partial charge is 0.342 e. The number of carbonyl (C=O) groups excluding carboxylic acids is 1. The average molecular weight is 353 g/mol. The lowest BCUT2D eigenvalue weighted by Gasteiger charge is -2.30. The van der Waals surface area contributed by atoms with Gasteiger partial charge in [-0.2, -0.15) is 4.31 Å². The average Bonchev–Trinajstić information content (AvgIpc) is 2.59. The smallest absolute Gasteiger partial charge is 0.254 e. The molecule has 1 heterocycles. The van der Waals surface area contributed by atoms with Crippen molar-refractivity contribution in [2.45, 2.75) is 43.5 Å². The molecule has 2 rings (SSSR count). The molecule has 1 aliphatic rings. The van der Waals surface area contributed by atoms with E-state index in [0.29, 0.717) is 32.5 Å². The molecule has 1 aromatic rings. The summed E-state index contributed by atoms with van der Waals surface area (Å²) >= 11 is 0. The minimum Gasteiger partial charge on any atom is -0.342 e. The predicted octanol–water partition coefficient (Wildman–Crippen LogP) is 1.67. The summed E-state index contributed by atoms with van der Waals surface area (Å²) in [5.41, 5.74) is 6.10. The van der Waals surface area contributed by atoms with Crippen molar-refractivity contribution in [3.63, 3.8) is 0 Å². The number of hydrogen-bond acceptors (Lipinski definition) is 4.